The van der Waals surface area contributed by atoms with Crippen LogP contribution in [0.3, 0.4) is 0 Å². The number of carbonyl (C=O) groups excluding carboxylic acids is 1. The average molecular weight is 224 g/mol. The van der Waals surface area contributed by atoms with Crippen molar-refractivity contribution in [3.05, 3.63) is 0 Å². The van der Waals surface area contributed by atoms with Gasteiger partial charge in [0.15, 0.2) is 5.92 Å². The van der Waals surface area contributed by atoms with E-state index in [2.05, 4.69) is 10.1 Å². The van der Waals surface area contributed by atoms with E-state index in [9.17, 15) is 18.0 Å². The standard InChI is InChI=1S/C8H11F3N2O2/c1-2-15-7(14)5-13-4-6(3-12)8(9,10)11/h6,13H,2,4-5H2,1H3. The predicted molar refractivity (Wildman–Crippen MR) is 44.7 cm³/mol. The molecule has 4 nitrogen and oxygen atoms in total. The fraction of sp³-hybridized carbons (Fsp3) is 0.750. The van der Waals surface area contributed by atoms with Crippen LogP contribution >= 0.6 is 0 Å². The second-order valence-corrected chi connectivity index (χ2v) is 2.66. The van der Waals surface area contributed by atoms with Crippen LogP contribution in [0.2, 0.25) is 0 Å². The quantitative estimate of drug-likeness (QED) is 0.703. The van der Waals surface area contributed by atoms with E-state index >= 15 is 0 Å². The Kier molecular flexibility index (Phi) is 5.70. The van der Waals surface area contributed by atoms with Crippen LogP contribution in [-0.4, -0.2) is 31.8 Å². The largest absolute Gasteiger partial charge is 0.465 e. The highest BCUT2D eigenvalue weighted by atomic mass is 19.4. The Morgan fingerprint density at radius 1 is 1.60 bits per heavy atom. The first-order valence-electron chi connectivity index (χ1n) is 4.24. The normalized spacial score (nSPS) is 13.0. The van der Waals surface area contributed by atoms with Gasteiger partial charge < -0.3 is 10.1 Å². The maximum absolute atomic E-state index is 12.0. The molecule has 0 aliphatic rings. The summed E-state index contributed by atoms with van der Waals surface area (Å²) in [4.78, 5) is 10.7. The molecular formula is C8H11F3N2O2. The minimum Gasteiger partial charge on any atom is -0.465 e. The van der Waals surface area contributed by atoms with Gasteiger partial charge in [0.25, 0.3) is 0 Å². The summed E-state index contributed by atoms with van der Waals surface area (Å²) in [6.07, 6.45) is -4.57. The van der Waals surface area contributed by atoms with E-state index < -0.39 is 24.6 Å². The Hall–Kier alpha value is -1.29. The van der Waals surface area contributed by atoms with Gasteiger partial charge in [0.1, 0.15) is 0 Å². The highest BCUT2D eigenvalue weighted by Gasteiger charge is 2.39. The lowest BCUT2D eigenvalue weighted by molar-refractivity contribution is -0.158. The van der Waals surface area contributed by atoms with Crippen molar-refractivity contribution in [1.29, 1.82) is 5.26 Å². The first-order valence-corrected chi connectivity index (χ1v) is 4.24. The molecule has 0 heterocycles. The third-order valence-corrected chi connectivity index (χ3v) is 1.47. The maximum Gasteiger partial charge on any atom is 0.405 e. The number of hydrogen-bond acceptors (Lipinski definition) is 4. The zero-order valence-electron chi connectivity index (χ0n) is 8.10. The van der Waals surface area contributed by atoms with E-state index in [0.29, 0.717) is 0 Å². The van der Waals surface area contributed by atoms with Crippen LogP contribution < -0.4 is 5.32 Å². The Morgan fingerprint density at radius 2 is 2.20 bits per heavy atom. The van der Waals surface area contributed by atoms with Gasteiger partial charge in [-0.3, -0.25) is 4.79 Å². The Balaban J connectivity index is 3.85. The van der Waals surface area contributed by atoms with E-state index in [0.717, 1.165) is 6.07 Å². The zero-order chi connectivity index (χ0) is 11.9. The molecule has 0 rings (SSSR count). The Morgan fingerprint density at radius 3 is 2.60 bits per heavy atom. The Labute approximate surface area is 85.0 Å². The fourth-order valence-corrected chi connectivity index (χ4v) is 0.765. The molecule has 15 heavy (non-hydrogen) atoms. The van der Waals surface area contributed by atoms with Crippen LogP contribution in [0, 0.1) is 17.2 Å². The van der Waals surface area contributed by atoms with Crippen LogP contribution in [0.5, 0.6) is 0 Å². The smallest absolute Gasteiger partial charge is 0.405 e. The van der Waals surface area contributed by atoms with Gasteiger partial charge in [-0.05, 0) is 6.92 Å². The third kappa shape index (κ3) is 5.91. The zero-order valence-corrected chi connectivity index (χ0v) is 8.10. The van der Waals surface area contributed by atoms with Crippen LogP contribution in [0.1, 0.15) is 6.92 Å². The molecule has 0 aromatic heterocycles. The summed E-state index contributed by atoms with van der Waals surface area (Å²) in [5.41, 5.74) is 0. The van der Waals surface area contributed by atoms with Crippen LogP contribution in [-0.2, 0) is 9.53 Å². The van der Waals surface area contributed by atoms with Gasteiger partial charge in [-0.15, -0.1) is 0 Å². The summed E-state index contributed by atoms with van der Waals surface area (Å²) in [5, 5.41) is 10.4. The van der Waals surface area contributed by atoms with Crippen molar-refractivity contribution in [3.8, 4) is 6.07 Å². The van der Waals surface area contributed by atoms with Gasteiger partial charge in [-0.2, -0.15) is 18.4 Å². The lowest BCUT2D eigenvalue weighted by Gasteiger charge is -2.13. The number of halogens is 3. The van der Waals surface area contributed by atoms with E-state index in [1.807, 2.05) is 0 Å². The maximum atomic E-state index is 12.0. The third-order valence-electron chi connectivity index (χ3n) is 1.47. The number of carbonyl (C=O) groups is 1. The first kappa shape index (κ1) is 13.7. The molecule has 0 radical (unpaired) electrons. The molecule has 0 saturated heterocycles. The molecule has 1 N–H and O–H groups in total. The molecule has 0 aromatic carbocycles. The average Bonchev–Trinajstić information content (AvgIpc) is 2.10. The van der Waals surface area contributed by atoms with Crippen molar-refractivity contribution in [2.75, 3.05) is 19.7 Å². The molecule has 7 heteroatoms. The predicted octanol–water partition coefficient (Wildman–Crippen LogP) is 0.841. The number of alkyl halides is 3. The van der Waals surface area contributed by atoms with Gasteiger partial charge in [-0.1, -0.05) is 0 Å². The van der Waals surface area contributed by atoms with E-state index in [4.69, 9.17) is 5.26 Å². The molecule has 0 spiro atoms. The van der Waals surface area contributed by atoms with Gasteiger partial charge in [0.05, 0.1) is 19.2 Å². The molecule has 0 fully saturated rings. The molecule has 0 aromatic rings. The SMILES string of the molecule is CCOC(=O)CNCC(C#N)C(F)(F)F. The molecule has 1 atom stereocenters. The van der Waals surface area contributed by atoms with Crippen molar-refractivity contribution >= 4 is 5.97 Å². The number of esters is 1. The molecule has 0 bridgehead atoms. The lowest BCUT2D eigenvalue weighted by atomic mass is 10.1. The van der Waals surface area contributed by atoms with E-state index in [1.54, 1.807) is 6.92 Å². The molecule has 86 valence electrons. The minimum atomic E-state index is -4.57. The van der Waals surface area contributed by atoms with E-state index in [1.165, 1.54) is 0 Å². The van der Waals surface area contributed by atoms with Gasteiger partial charge in [0, 0.05) is 6.54 Å². The highest BCUT2D eigenvalue weighted by Crippen LogP contribution is 2.24. The topological polar surface area (TPSA) is 62.1 Å². The Bertz CT molecular complexity index is 247. The van der Waals surface area contributed by atoms with E-state index in [-0.39, 0.29) is 13.2 Å². The number of nitrogens with one attached hydrogen (secondary N) is 1. The summed E-state index contributed by atoms with van der Waals surface area (Å²) in [6, 6.07) is 1.11. The van der Waals surface area contributed by atoms with Gasteiger partial charge >= 0.3 is 12.1 Å². The monoisotopic (exact) mass is 224 g/mol. The summed E-state index contributed by atoms with van der Waals surface area (Å²) in [6.45, 7) is 0.814. The summed E-state index contributed by atoms with van der Waals surface area (Å²) >= 11 is 0. The van der Waals surface area contributed by atoms with Crippen molar-refractivity contribution in [2.45, 2.75) is 13.1 Å². The van der Waals surface area contributed by atoms with Crippen molar-refractivity contribution in [1.82, 2.24) is 5.32 Å². The highest BCUT2D eigenvalue weighted by molar-refractivity contribution is 5.71. The second kappa shape index (κ2) is 6.24. The number of ether oxygens (including phenoxy) is 1. The number of nitriles is 1. The molecule has 0 amide bonds. The fourth-order valence-electron chi connectivity index (χ4n) is 0.765. The molecular weight excluding hydrogens is 213 g/mol. The van der Waals surface area contributed by atoms with Crippen molar-refractivity contribution < 1.29 is 22.7 Å². The second-order valence-electron chi connectivity index (χ2n) is 2.66. The van der Waals surface area contributed by atoms with Crippen LogP contribution in [0.25, 0.3) is 0 Å². The van der Waals surface area contributed by atoms with Crippen molar-refractivity contribution in [2.24, 2.45) is 5.92 Å². The number of hydrogen-bond donors (Lipinski definition) is 1. The molecule has 0 saturated carbocycles. The minimum absolute atomic E-state index is 0.168. The van der Waals surface area contributed by atoms with Crippen molar-refractivity contribution in [3.63, 3.8) is 0 Å². The molecule has 1 unspecified atom stereocenters. The first-order chi connectivity index (χ1) is 6.91. The van der Waals surface area contributed by atoms with Gasteiger partial charge in [0.2, 0.25) is 0 Å². The lowest BCUT2D eigenvalue weighted by Crippen LogP contribution is -2.35. The molecule has 0 aliphatic carbocycles. The summed E-state index contributed by atoms with van der Waals surface area (Å²) < 4.78 is 40.5. The number of rotatable bonds is 5. The number of nitrogens with zero attached hydrogens (tertiary/aromatic N) is 1. The van der Waals surface area contributed by atoms with Crippen LogP contribution in [0.15, 0.2) is 0 Å². The summed E-state index contributed by atoms with van der Waals surface area (Å²) in [7, 11) is 0. The van der Waals surface area contributed by atoms with Gasteiger partial charge in [-0.25, -0.2) is 0 Å². The van der Waals surface area contributed by atoms with Crippen LogP contribution in [0.4, 0.5) is 13.2 Å². The summed E-state index contributed by atoms with van der Waals surface area (Å²) in [5.74, 6) is -2.75. The molecule has 0 aliphatic heterocycles.